The van der Waals surface area contributed by atoms with Crippen LogP contribution in [0.1, 0.15) is 51.0 Å². The van der Waals surface area contributed by atoms with Gasteiger partial charge < -0.3 is 14.2 Å². The van der Waals surface area contributed by atoms with Crippen molar-refractivity contribution >= 4 is 17.9 Å². The Morgan fingerprint density at radius 1 is 1.19 bits per heavy atom. The summed E-state index contributed by atoms with van der Waals surface area (Å²) in [7, 11) is 3.17. The van der Waals surface area contributed by atoms with Crippen LogP contribution in [0.25, 0.3) is 6.08 Å². The van der Waals surface area contributed by atoms with E-state index in [2.05, 4.69) is 11.9 Å². The summed E-state index contributed by atoms with van der Waals surface area (Å²) in [5.41, 5.74) is 1.07. The number of hydrogen-bond acceptors (Lipinski definition) is 5. The quantitative estimate of drug-likeness (QED) is 0.551. The molecule has 0 atom stereocenters. The smallest absolute Gasteiger partial charge is 0.363 e. The van der Waals surface area contributed by atoms with Gasteiger partial charge in [-0.05, 0) is 43.7 Å². The van der Waals surface area contributed by atoms with Gasteiger partial charge in [-0.3, -0.25) is 0 Å². The molecule has 1 fully saturated rings. The van der Waals surface area contributed by atoms with E-state index < -0.39 is 0 Å². The molecule has 0 spiro atoms. The molecule has 2 aliphatic rings. The van der Waals surface area contributed by atoms with E-state index >= 15 is 0 Å². The predicted octanol–water partition coefficient (Wildman–Crippen LogP) is 4.61. The molecule has 0 aromatic heterocycles. The maximum Gasteiger partial charge on any atom is 0.363 e. The fraction of sp³-hybridized carbons (Fsp3) is 0.524. The molecule has 1 aromatic rings. The lowest BCUT2D eigenvalue weighted by molar-refractivity contribution is -0.130. The number of aliphatic imine (C=N–C) groups is 1. The summed E-state index contributed by atoms with van der Waals surface area (Å²) in [5.74, 6) is 2.46. The lowest BCUT2D eigenvalue weighted by Crippen LogP contribution is -2.22. The van der Waals surface area contributed by atoms with Crippen LogP contribution in [0.5, 0.6) is 11.5 Å². The van der Waals surface area contributed by atoms with E-state index in [1.165, 1.54) is 25.7 Å². The van der Waals surface area contributed by atoms with Gasteiger partial charge in [0.05, 0.1) is 14.2 Å². The van der Waals surface area contributed by atoms with E-state index in [1.54, 1.807) is 20.3 Å². The van der Waals surface area contributed by atoms with Crippen molar-refractivity contribution in [3.05, 3.63) is 29.5 Å². The minimum Gasteiger partial charge on any atom is -0.493 e. The number of rotatable bonds is 6. The van der Waals surface area contributed by atoms with Crippen LogP contribution in [0.3, 0.4) is 0 Å². The highest BCUT2D eigenvalue weighted by atomic mass is 16.6. The van der Waals surface area contributed by atoms with Gasteiger partial charge in [0.15, 0.2) is 17.2 Å². The van der Waals surface area contributed by atoms with Crippen LogP contribution in [0.15, 0.2) is 28.9 Å². The number of carbonyl (C=O) groups is 1. The second-order valence-corrected chi connectivity index (χ2v) is 6.96. The van der Waals surface area contributed by atoms with Gasteiger partial charge in [0, 0.05) is 11.5 Å². The molecule has 3 rings (SSSR count). The Labute approximate surface area is 155 Å². The zero-order valence-electron chi connectivity index (χ0n) is 15.8. The van der Waals surface area contributed by atoms with Crippen molar-refractivity contribution in [1.82, 2.24) is 0 Å². The molecular weight excluding hydrogens is 330 g/mol. The first kappa shape index (κ1) is 18.5. The van der Waals surface area contributed by atoms with E-state index in [0.29, 0.717) is 23.1 Å². The van der Waals surface area contributed by atoms with Crippen LogP contribution >= 0.6 is 0 Å². The summed E-state index contributed by atoms with van der Waals surface area (Å²) in [6.45, 7) is 2.23. The van der Waals surface area contributed by atoms with Crippen LogP contribution < -0.4 is 9.47 Å². The number of carbonyl (C=O) groups excluding carboxylic acids is 1. The van der Waals surface area contributed by atoms with Crippen molar-refractivity contribution in [3.8, 4) is 11.5 Å². The van der Waals surface area contributed by atoms with Crippen molar-refractivity contribution in [2.24, 2.45) is 16.8 Å². The molecule has 1 aromatic carbocycles. The van der Waals surface area contributed by atoms with Gasteiger partial charge in [-0.1, -0.05) is 31.9 Å². The lowest BCUT2D eigenvalue weighted by Gasteiger charge is -2.27. The Morgan fingerprint density at radius 3 is 2.62 bits per heavy atom. The van der Waals surface area contributed by atoms with E-state index in [9.17, 15) is 4.79 Å². The normalized spacial score (nSPS) is 24.3. The molecule has 1 saturated carbocycles. The molecule has 0 saturated heterocycles. The third kappa shape index (κ3) is 3.92. The maximum atomic E-state index is 12.3. The second kappa shape index (κ2) is 8.39. The zero-order chi connectivity index (χ0) is 18.5. The highest BCUT2D eigenvalue weighted by Gasteiger charge is 2.32. The van der Waals surface area contributed by atoms with Crippen molar-refractivity contribution < 1.29 is 19.0 Å². The molecule has 0 unspecified atom stereocenters. The minimum atomic E-state index is -0.388. The number of benzene rings is 1. The second-order valence-electron chi connectivity index (χ2n) is 6.96. The molecule has 26 heavy (non-hydrogen) atoms. The highest BCUT2D eigenvalue weighted by Crippen LogP contribution is 2.36. The van der Waals surface area contributed by atoms with E-state index in [1.807, 2.05) is 18.2 Å². The molecule has 0 bridgehead atoms. The lowest BCUT2D eigenvalue weighted by atomic mass is 9.80. The third-order valence-electron chi connectivity index (χ3n) is 5.26. The molecule has 0 radical (unpaired) electrons. The first-order valence-corrected chi connectivity index (χ1v) is 9.39. The summed E-state index contributed by atoms with van der Waals surface area (Å²) in [6, 6.07) is 5.54. The fourth-order valence-corrected chi connectivity index (χ4v) is 3.88. The first-order valence-electron chi connectivity index (χ1n) is 9.39. The van der Waals surface area contributed by atoms with E-state index in [0.717, 1.165) is 24.3 Å². The molecule has 140 valence electrons. The van der Waals surface area contributed by atoms with Crippen LogP contribution in [0.2, 0.25) is 0 Å². The molecule has 0 amide bonds. The van der Waals surface area contributed by atoms with Gasteiger partial charge in [0.25, 0.3) is 0 Å². The number of cyclic esters (lactones) is 1. The molecule has 5 heteroatoms. The SMILES string of the molecule is CCCC1CCC(C2=N/C(=C\c3cccc(OC)c3OC)C(=O)O2)CC1. The summed E-state index contributed by atoms with van der Waals surface area (Å²) in [6.07, 6.45) is 8.72. The Hall–Kier alpha value is -2.30. The van der Waals surface area contributed by atoms with Crippen LogP contribution in [0, 0.1) is 11.8 Å². The molecule has 1 heterocycles. The minimum absolute atomic E-state index is 0.255. The summed E-state index contributed by atoms with van der Waals surface area (Å²) in [5, 5.41) is 0. The van der Waals surface area contributed by atoms with Crippen LogP contribution in [-0.2, 0) is 9.53 Å². The third-order valence-corrected chi connectivity index (χ3v) is 5.26. The Kier molecular flexibility index (Phi) is 5.96. The molecule has 0 N–H and O–H groups in total. The van der Waals surface area contributed by atoms with Crippen LogP contribution in [0.4, 0.5) is 0 Å². The average Bonchev–Trinajstić information content (AvgIpc) is 3.03. The van der Waals surface area contributed by atoms with Crippen molar-refractivity contribution in [1.29, 1.82) is 0 Å². The number of esters is 1. The molecular formula is C21H27NO4. The molecule has 1 aliphatic heterocycles. The number of para-hydroxylation sites is 1. The number of ether oxygens (including phenoxy) is 3. The predicted molar refractivity (Wildman–Crippen MR) is 101 cm³/mol. The Morgan fingerprint density at radius 2 is 1.96 bits per heavy atom. The monoisotopic (exact) mass is 357 g/mol. The Balaban J connectivity index is 1.78. The first-order chi connectivity index (χ1) is 12.7. The fourth-order valence-electron chi connectivity index (χ4n) is 3.88. The number of nitrogens with zero attached hydrogens (tertiary/aromatic N) is 1. The average molecular weight is 357 g/mol. The van der Waals surface area contributed by atoms with E-state index in [-0.39, 0.29) is 11.9 Å². The largest absolute Gasteiger partial charge is 0.493 e. The van der Waals surface area contributed by atoms with Gasteiger partial charge in [-0.2, -0.15) is 0 Å². The molecule has 5 nitrogen and oxygen atoms in total. The van der Waals surface area contributed by atoms with Crippen molar-refractivity contribution in [2.45, 2.75) is 45.4 Å². The summed E-state index contributed by atoms with van der Waals surface area (Å²) >= 11 is 0. The Bertz CT molecular complexity index is 715. The summed E-state index contributed by atoms with van der Waals surface area (Å²) < 4.78 is 16.2. The number of methoxy groups -OCH3 is 2. The highest BCUT2D eigenvalue weighted by molar-refractivity contribution is 6.08. The maximum absolute atomic E-state index is 12.3. The topological polar surface area (TPSA) is 57.1 Å². The van der Waals surface area contributed by atoms with E-state index in [4.69, 9.17) is 14.2 Å². The van der Waals surface area contributed by atoms with Gasteiger partial charge in [0.2, 0.25) is 5.90 Å². The summed E-state index contributed by atoms with van der Waals surface area (Å²) in [4.78, 5) is 16.8. The molecule has 1 aliphatic carbocycles. The van der Waals surface area contributed by atoms with Crippen LogP contribution in [-0.4, -0.2) is 26.1 Å². The number of hydrogen-bond donors (Lipinski definition) is 0. The van der Waals surface area contributed by atoms with Crippen molar-refractivity contribution in [2.75, 3.05) is 14.2 Å². The zero-order valence-corrected chi connectivity index (χ0v) is 15.8. The van der Waals surface area contributed by atoms with Crippen molar-refractivity contribution in [3.63, 3.8) is 0 Å². The standard InChI is InChI=1S/C21H27NO4/c1-4-6-14-9-11-15(12-10-14)20-22-17(21(23)26-20)13-16-7-5-8-18(24-2)19(16)25-3/h5,7-8,13-15H,4,6,9-12H2,1-3H3/b17-13-. The van der Waals surface area contributed by atoms with Gasteiger partial charge in [0.1, 0.15) is 0 Å². The van der Waals surface area contributed by atoms with Gasteiger partial charge >= 0.3 is 5.97 Å². The van der Waals surface area contributed by atoms with Gasteiger partial charge in [-0.25, -0.2) is 9.79 Å². The van der Waals surface area contributed by atoms with Gasteiger partial charge in [-0.15, -0.1) is 0 Å².